The van der Waals surface area contributed by atoms with E-state index in [2.05, 4.69) is 15.8 Å². The minimum atomic E-state index is -0.570. The molecule has 0 spiro atoms. The molecule has 1 aromatic heterocycles. The van der Waals surface area contributed by atoms with Gasteiger partial charge in [-0.25, -0.2) is 4.98 Å². The van der Waals surface area contributed by atoms with E-state index in [0.717, 1.165) is 5.56 Å². The van der Waals surface area contributed by atoms with E-state index >= 15 is 0 Å². The number of aryl methyl sites for hydroxylation is 1. The molecule has 2 rings (SSSR count). The molecule has 0 fully saturated rings. The fourth-order valence-electron chi connectivity index (χ4n) is 1.61. The van der Waals surface area contributed by atoms with Crippen molar-refractivity contribution in [2.45, 2.75) is 6.92 Å². The number of hydrogen-bond acceptors (Lipinski definition) is 4. The van der Waals surface area contributed by atoms with Crippen molar-refractivity contribution in [1.82, 2.24) is 15.8 Å². The number of nitrogens with zero attached hydrogens (tertiary/aromatic N) is 1. The number of nitrogens with one attached hydrogen (secondary N) is 2. The second kappa shape index (κ2) is 7.80. The van der Waals surface area contributed by atoms with E-state index in [0.29, 0.717) is 5.75 Å². The molecule has 2 amide bonds. The SMILES string of the molecule is Cc1ccc(OCC(=O)NNC(=O)c2cc(Cl)nc(Cl)c2)cc1. The van der Waals surface area contributed by atoms with Gasteiger partial charge in [0.2, 0.25) is 0 Å². The van der Waals surface area contributed by atoms with Gasteiger partial charge in [0.15, 0.2) is 6.61 Å². The van der Waals surface area contributed by atoms with Gasteiger partial charge in [-0.05, 0) is 31.2 Å². The number of benzene rings is 1. The number of rotatable bonds is 4. The van der Waals surface area contributed by atoms with Crippen LogP contribution < -0.4 is 15.6 Å². The molecule has 0 aliphatic heterocycles. The first-order chi connectivity index (χ1) is 10.9. The molecule has 23 heavy (non-hydrogen) atoms. The maximum absolute atomic E-state index is 11.9. The standard InChI is InChI=1S/C15H13Cl2N3O3/c1-9-2-4-11(5-3-9)23-8-14(21)19-20-15(22)10-6-12(16)18-13(17)7-10/h2-7H,8H2,1H3,(H,19,21)(H,20,22). The highest BCUT2D eigenvalue weighted by atomic mass is 35.5. The summed E-state index contributed by atoms with van der Waals surface area (Å²) >= 11 is 11.4. The highest BCUT2D eigenvalue weighted by molar-refractivity contribution is 6.33. The summed E-state index contributed by atoms with van der Waals surface area (Å²) in [7, 11) is 0. The van der Waals surface area contributed by atoms with Crippen molar-refractivity contribution >= 4 is 35.0 Å². The van der Waals surface area contributed by atoms with Crippen LogP contribution in [0.3, 0.4) is 0 Å². The van der Waals surface area contributed by atoms with Crippen LogP contribution in [0.4, 0.5) is 0 Å². The van der Waals surface area contributed by atoms with Crippen LogP contribution in [-0.4, -0.2) is 23.4 Å². The molecule has 1 aromatic carbocycles. The lowest BCUT2D eigenvalue weighted by atomic mass is 10.2. The normalized spacial score (nSPS) is 10.0. The second-order valence-electron chi connectivity index (χ2n) is 4.61. The molecule has 0 bridgehead atoms. The molecule has 2 N–H and O–H groups in total. The zero-order valence-corrected chi connectivity index (χ0v) is 13.6. The van der Waals surface area contributed by atoms with Gasteiger partial charge in [0.05, 0.1) is 0 Å². The van der Waals surface area contributed by atoms with Gasteiger partial charge in [0, 0.05) is 5.56 Å². The Balaban J connectivity index is 1.81. The molecule has 0 atom stereocenters. The summed E-state index contributed by atoms with van der Waals surface area (Å²) in [4.78, 5) is 27.2. The predicted octanol–water partition coefficient (Wildman–Crippen LogP) is 2.54. The van der Waals surface area contributed by atoms with Gasteiger partial charge in [-0.3, -0.25) is 20.4 Å². The Morgan fingerprint density at radius 3 is 2.30 bits per heavy atom. The number of hydrazine groups is 1. The van der Waals surface area contributed by atoms with E-state index in [1.54, 1.807) is 12.1 Å². The highest BCUT2D eigenvalue weighted by Crippen LogP contribution is 2.14. The summed E-state index contributed by atoms with van der Waals surface area (Å²) in [6.07, 6.45) is 0. The third kappa shape index (κ3) is 5.43. The predicted molar refractivity (Wildman–Crippen MR) is 86.5 cm³/mol. The quantitative estimate of drug-likeness (QED) is 0.653. The molecule has 8 heteroatoms. The van der Waals surface area contributed by atoms with Gasteiger partial charge in [0.25, 0.3) is 11.8 Å². The lowest BCUT2D eigenvalue weighted by molar-refractivity contribution is -0.123. The van der Waals surface area contributed by atoms with Gasteiger partial charge < -0.3 is 4.74 Å². The Hall–Kier alpha value is -2.31. The van der Waals surface area contributed by atoms with Crippen molar-refractivity contribution in [2.24, 2.45) is 0 Å². The van der Waals surface area contributed by atoms with Gasteiger partial charge in [-0.1, -0.05) is 40.9 Å². The zero-order valence-electron chi connectivity index (χ0n) is 12.1. The third-order valence-corrected chi connectivity index (χ3v) is 3.12. The van der Waals surface area contributed by atoms with E-state index in [9.17, 15) is 9.59 Å². The van der Waals surface area contributed by atoms with Crippen LogP contribution in [-0.2, 0) is 4.79 Å². The maximum atomic E-state index is 11.9. The monoisotopic (exact) mass is 353 g/mol. The molecular formula is C15H13Cl2N3O3. The zero-order chi connectivity index (χ0) is 16.8. The Morgan fingerprint density at radius 2 is 1.70 bits per heavy atom. The Morgan fingerprint density at radius 1 is 1.09 bits per heavy atom. The number of ether oxygens (including phenoxy) is 1. The average Bonchev–Trinajstić information content (AvgIpc) is 2.51. The number of pyridine rings is 1. The molecule has 0 unspecified atom stereocenters. The summed E-state index contributed by atoms with van der Waals surface area (Å²) in [6.45, 7) is 1.71. The van der Waals surface area contributed by atoms with Crippen molar-refractivity contribution in [3.8, 4) is 5.75 Å². The number of halogens is 2. The number of hydrogen-bond donors (Lipinski definition) is 2. The largest absolute Gasteiger partial charge is 0.484 e. The number of aromatic nitrogens is 1. The first-order valence-corrected chi connectivity index (χ1v) is 7.31. The molecular weight excluding hydrogens is 341 g/mol. The van der Waals surface area contributed by atoms with Gasteiger partial charge in [-0.2, -0.15) is 0 Å². The Kier molecular flexibility index (Phi) is 5.78. The van der Waals surface area contributed by atoms with Gasteiger partial charge in [0.1, 0.15) is 16.1 Å². The van der Waals surface area contributed by atoms with Crippen LogP contribution in [0, 0.1) is 6.92 Å². The number of amides is 2. The van der Waals surface area contributed by atoms with Crippen LogP contribution in [0.15, 0.2) is 36.4 Å². The molecule has 120 valence electrons. The molecule has 2 aromatic rings. The summed E-state index contributed by atoms with van der Waals surface area (Å²) in [5.74, 6) is -0.519. The fraction of sp³-hybridized carbons (Fsp3) is 0.133. The van der Waals surface area contributed by atoms with Gasteiger partial charge >= 0.3 is 0 Å². The van der Waals surface area contributed by atoms with Crippen LogP contribution in [0.25, 0.3) is 0 Å². The van der Waals surface area contributed by atoms with Crippen LogP contribution >= 0.6 is 23.2 Å². The van der Waals surface area contributed by atoms with Crippen molar-refractivity contribution in [2.75, 3.05) is 6.61 Å². The van der Waals surface area contributed by atoms with Gasteiger partial charge in [-0.15, -0.1) is 0 Å². The van der Waals surface area contributed by atoms with E-state index in [-0.39, 0.29) is 22.5 Å². The summed E-state index contributed by atoms with van der Waals surface area (Å²) in [5.41, 5.74) is 5.73. The topological polar surface area (TPSA) is 80.3 Å². The first-order valence-electron chi connectivity index (χ1n) is 6.56. The average molecular weight is 354 g/mol. The van der Waals surface area contributed by atoms with E-state index in [1.807, 2.05) is 19.1 Å². The van der Waals surface area contributed by atoms with E-state index in [1.165, 1.54) is 12.1 Å². The van der Waals surface area contributed by atoms with Crippen molar-refractivity contribution in [1.29, 1.82) is 0 Å². The lowest BCUT2D eigenvalue weighted by Gasteiger charge is -2.09. The smallest absolute Gasteiger partial charge is 0.276 e. The maximum Gasteiger partial charge on any atom is 0.276 e. The molecule has 0 radical (unpaired) electrons. The first kappa shape index (κ1) is 17.1. The number of carbonyl (C=O) groups is 2. The minimum Gasteiger partial charge on any atom is -0.484 e. The lowest BCUT2D eigenvalue weighted by Crippen LogP contribution is -2.43. The molecule has 0 saturated heterocycles. The Bertz CT molecular complexity index is 700. The summed E-state index contributed by atoms with van der Waals surface area (Å²) < 4.78 is 5.28. The second-order valence-corrected chi connectivity index (χ2v) is 5.38. The molecule has 0 aliphatic rings. The third-order valence-electron chi connectivity index (χ3n) is 2.73. The fourth-order valence-corrected chi connectivity index (χ4v) is 2.07. The van der Waals surface area contributed by atoms with Crippen LogP contribution in [0.2, 0.25) is 10.3 Å². The highest BCUT2D eigenvalue weighted by Gasteiger charge is 2.10. The summed E-state index contributed by atoms with van der Waals surface area (Å²) in [5, 5.41) is 0.161. The van der Waals surface area contributed by atoms with Crippen molar-refractivity contribution in [3.05, 3.63) is 57.8 Å². The van der Waals surface area contributed by atoms with Crippen LogP contribution in [0.1, 0.15) is 15.9 Å². The summed E-state index contributed by atoms with van der Waals surface area (Å²) in [6, 6.07) is 9.90. The molecule has 0 saturated carbocycles. The molecule has 6 nitrogen and oxygen atoms in total. The molecule has 1 heterocycles. The Labute approximate surface area is 142 Å². The van der Waals surface area contributed by atoms with E-state index < -0.39 is 11.8 Å². The number of carbonyl (C=O) groups excluding carboxylic acids is 2. The van der Waals surface area contributed by atoms with Crippen molar-refractivity contribution < 1.29 is 14.3 Å². The minimum absolute atomic E-state index is 0.0803. The van der Waals surface area contributed by atoms with Crippen LogP contribution in [0.5, 0.6) is 5.75 Å². The van der Waals surface area contributed by atoms with E-state index in [4.69, 9.17) is 27.9 Å². The van der Waals surface area contributed by atoms with Crippen molar-refractivity contribution in [3.63, 3.8) is 0 Å². The molecule has 0 aliphatic carbocycles.